The molecule has 148 valence electrons. The summed E-state index contributed by atoms with van der Waals surface area (Å²) in [5.41, 5.74) is -0.409. The van der Waals surface area contributed by atoms with E-state index in [1.165, 1.54) is 6.07 Å². The maximum Gasteiger partial charge on any atom is 0.261 e. The van der Waals surface area contributed by atoms with Crippen LogP contribution < -0.4 is 15.0 Å². The van der Waals surface area contributed by atoms with Crippen molar-refractivity contribution in [2.45, 2.75) is 24.9 Å². The fourth-order valence-corrected chi connectivity index (χ4v) is 4.17. The third-order valence-corrected chi connectivity index (χ3v) is 5.75. The molecule has 2 aromatic heterocycles. The van der Waals surface area contributed by atoms with Crippen molar-refractivity contribution in [2.24, 2.45) is 5.41 Å². The molecule has 0 unspecified atom stereocenters. The van der Waals surface area contributed by atoms with Crippen molar-refractivity contribution in [3.05, 3.63) is 18.5 Å². The Kier molecular flexibility index (Phi) is 3.98. The first-order chi connectivity index (χ1) is 13.6. The number of anilines is 2. The Morgan fingerprint density at radius 2 is 1.93 bits per heavy atom. The van der Waals surface area contributed by atoms with Crippen LogP contribution in [0.3, 0.4) is 0 Å². The Morgan fingerprint density at radius 1 is 1.21 bits per heavy atom. The van der Waals surface area contributed by atoms with E-state index in [0.29, 0.717) is 24.9 Å². The van der Waals surface area contributed by atoms with Gasteiger partial charge in [-0.3, -0.25) is 10.1 Å². The van der Waals surface area contributed by atoms with Crippen LogP contribution in [-0.4, -0.2) is 60.0 Å². The van der Waals surface area contributed by atoms with Crippen LogP contribution in [0.25, 0.3) is 0 Å². The first-order valence-electron chi connectivity index (χ1n) is 9.26. The quantitative estimate of drug-likeness (QED) is 0.790. The highest BCUT2D eigenvalue weighted by Gasteiger charge is 2.72. The van der Waals surface area contributed by atoms with E-state index in [0.717, 1.165) is 32.4 Å². The van der Waals surface area contributed by atoms with E-state index in [9.17, 15) is 4.79 Å². The van der Waals surface area contributed by atoms with Gasteiger partial charge < -0.3 is 23.6 Å². The number of hydrogen-bond acceptors (Lipinski definition) is 9. The number of aromatic nitrogens is 3. The van der Waals surface area contributed by atoms with Gasteiger partial charge >= 0.3 is 0 Å². The highest BCUT2D eigenvalue weighted by molar-refractivity contribution is 5.97. The van der Waals surface area contributed by atoms with Gasteiger partial charge in [0.15, 0.2) is 5.75 Å². The molecule has 4 aliphatic rings. The third-order valence-electron chi connectivity index (χ3n) is 5.75. The van der Waals surface area contributed by atoms with Gasteiger partial charge in [0.1, 0.15) is 0 Å². The molecule has 1 N–H and O–H groups in total. The summed E-state index contributed by atoms with van der Waals surface area (Å²) < 4.78 is 21.5. The molecular weight excluding hydrogens is 366 g/mol. The Morgan fingerprint density at radius 3 is 2.61 bits per heavy atom. The standard InChI is InChI=1S/C18H21N5O5/c1-25-18-9-17(10-18,11-18)15(24)21-13-6-14(22-28-13)27-12-7-19-16(20-8-12)23-2-4-26-5-3-23/h6-8H,2-5,9-11H2,1H3,(H,21,24). The SMILES string of the molecule is COC12CC(C(=O)Nc3cc(Oc4cnc(N5CCOCC5)nc4)no3)(C1)C2. The average Bonchev–Trinajstić information content (AvgIpc) is 3.08. The number of methoxy groups -OCH3 is 1. The van der Waals surface area contributed by atoms with Gasteiger partial charge in [0, 0.05) is 20.2 Å². The summed E-state index contributed by atoms with van der Waals surface area (Å²) >= 11 is 0. The summed E-state index contributed by atoms with van der Waals surface area (Å²) in [5, 5.41) is 6.59. The van der Waals surface area contributed by atoms with Gasteiger partial charge in [-0.1, -0.05) is 0 Å². The van der Waals surface area contributed by atoms with Crippen molar-refractivity contribution < 1.29 is 23.5 Å². The monoisotopic (exact) mass is 387 g/mol. The van der Waals surface area contributed by atoms with E-state index in [1.807, 2.05) is 0 Å². The highest BCUT2D eigenvalue weighted by Crippen LogP contribution is 2.69. The number of carbonyl (C=O) groups is 1. The smallest absolute Gasteiger partial charge is 0.261 e. The molecule has 1 aliphatic heterocycles. The van der Waals surface area contributed by atoms with Gasteiger partial charge in [-0.25, -0.2) is 9.97 Å². The molecule has 0 spiro atoms. The van der Waals surface area contributed by atoms with E-state index < -0.39 is 0 Å². The molecule has 4 fully saturated rings. The second kappa shape index (κ2) is 6.42. The molecule has 2 bridgehead atoms. The highest BCUT2D eigenvalue weighted by atomic mass is 16.5. The van der Waals surface area contributed by atoms with Crippen LogP contribution >= 0.6 is 0 Å². The lowest BCUT2D eigenvalue weighted by Crippen LogP contribution is -2.72. The molecular formula is C18H21N5O5. The van der Waals surface area contributed by atoms with Crippen LogP contribution in [0.4, 0.5) is 11.8 Å². The van der Waals surface area contributed by atoms with Crippen molar-refractivity contribution >= 4 is 17.7 Å². The summed E-state index contributed by atoms with van der Waals surface area (Å²) in [5.74, 6) is 1.49. The van der Waals surface area contributed by atoms with Crippen LogP contribution in [0.2, 0.25) is 0 Å². The molecule has 3 heterocycles. The second-order valence-electron chi connectivity index (χ2n) is 7.60. The molecule has 6 rings (SSSR count). The van der Waals surface area contributed by atoms with Crippen molar-refractivity contribution in [2.75, 3.05) is 43.6 Å². The minimum Gasteiger partial charge on any atom is -0.433 e. The van der Waals surface area contributed by atoms with Crippen LogP contribution in [0.5, 0.6) is 11.6 Å². The normalized spacial score (nSPS) is 28.2. The predicted octanol–water partition coefficient (Wildman–Crippen LogP) is 1.60. The zero-order valence-electron chi connectivity index (χ0n) is 15.5. The molecule has 10 heteroatoms. The average molecular weight is 387 g/mol. The van der Waals surface area contributed by atoms with Gasteiger partial charge in [-0.15, -0.1) is 0 Å². The van der Waals surface area contributed by atoms with Gasteiger partial charge in [-0.2, -0.15) is 0 Å². The number of nitrogens with one attached hydrogen (secondary N) is 1. The topological polar surface area (TPSA) is 112 Å². The number of ether oxygens (including phenoxy) is 3. The summed E-state index contributed by atoms with van der Waals surface area (Å²) in [7, 11) is 1.69. The fraction of sp³-hybridized carbons (Fsp3) is 0.556. The summed E-state index contributed by atoms with van der Waals surface area (Å²) in [6, 6.07) is 1.53. The minimum atomic E-state index is -0.326. The Labute approximate surface area is 161 Å². The molecule has 1 amide bonds. The number of rotatable bonds is 6. The lowest BCUT2D eigenvalue weighted by Gasteiger charge is -2.67. The molecule has 0 radical (unpaired) electrons. The Bertz CT molecular complexity index is 857. The summed E-state index contributed by atoms with van der Waals surface area (Å²) in [4.78, 5) is 23.1. The number of nitrogens with zero attached hydrogens (tertiary/aromatic N) is 4. The van der Waals surface area contributed by atoms with E-state index >= 15 is 0 Å². The lowest BCUT2D eigenvalue weighted by molar-refractivity contribution is -0.260. The predicted molar refractivity (Wildman–Crippen MR) is 96.3 cm³/mol. The first kappa shape index (κ1) is 17.4. The second-order valence-corrected chi connectivity index (χ2v) is 7.60. The first-order valence-corrected chi connectivity index (χ1v) is 9.26. The molecule has 3 saturated carbocycles. The molecule has 1 saturated heterocycles. The maximum atomic E-state index is 12.4. The molecule has 10 nitrogen and oxygen atoms in total. The van der Waals surface area contributed by atoms with Crippen molar-refractivity contribution in [1.29, 1.82) is 0 Å². The van der Waals surface area contributed by atoms with E-state index in [4.69, 9.17) is 18.7 Å². The zero-order valence-corrected chi connectivity index (χ0v) is 15.5. The fourth-order valence-electron chi connectivity index (χ4n) is 4.17. The van der Waals surface area contributed by atoms with Crippen LogP contribution in [0, 0.1) is 5.41 Å². The van der Waals surface area contributed by atoms with Gasteiger partial charge in [0.2, 0.25) is 17.7 Å². The molecule has 3 aliphatic carbocycles. The van der Waals surface area contributed by atoms with Crippen LogP contribution in [0.1, 0.15) is 19.3 Å². The number of hydrogen-bond donors (Lipinski definition) is 1. The van der Waals surface area contributed by atoms with Crippen molar-refractivity contribution in [3.8, 4) is 11.6 Å². The number of carbonyl (C=O) groups excluding carboxylic acids is 1. The maximum absolute atomic E-state index is 12.4. The van der Waals surface area contributed by atoms with E-state index in [-0.39, 0.29) is 28.7 Å². The van der Waals surface area contributed by atoms with Gasteiger partial charge in [0.25, 0.3) is 5.88 Å². The summed E-state index contributed by atoms with van der Waals surface area (Å²) in [6.07, 6.45) is 5.43. The Hall–Kier alpha value is -2.72. The zero-order chi connectivity index (χ0) is 19.2. The van der Waals surface area contributed by atoms with Gasteiger partial charge in [0.05, 0.1) is 42.7 Å². The largest absolute Gasteiger partial charge is 0.433 e. The lowest BCUT2D eigenvalue weighted by atomic mass is 9.41. The van der Waals surface area contributed by atoms with Crippen molar-refractivity contribution in [1.82, 2.24) is 15.1 Å². The molecule has 28 heavy (non-hydrogen) atoms. The Balaban J connectivity index is 1.17. The molecule has 0 atom stereocenters. The molecule has 2 aromatic rings. The number of morpholine rings is 1. The van der Waals surface area contributed by atoms with Crippen LogP contribution in [-0.2, 0) is 14.3 Å². The third kappa shape index (κ3) is 2.89. The van der Waals surface area contributed by atoms with Crippen LogP contribution in [0.15, 0.2) is 23.0 Å². The summed E-state index contributed by atoms with van der Waals surface area (Å²) in [6.45, 7) is 2.87. The van der Waals surface area contributed by atoms with Gasteiger partial charge in [-0.05, 0) is 24.4 Å². The van der Waals surface area contributed by atoms with Crippen molar-refractivity contribution in [3.63, 3.8) is 0 Å². The van der Waals surface area contributed by atoms with E-state index in [2.05, 4.69) is 25.3 Å². The minimum absolute atomic E-state index is 0.0627. The van der Waals surface area contributed by atoms with E-state index in [1.54, 1.807) is 19.5 Å². The molecule has 0 aromatic carbocycles. The number of amides is 1.